The number of benzene rings is 1. The first-order valence-electron chi connectivity index (χ1n) is 6.01. The molecule has 3 N–H and O–H groups in total. The van der Waals surface area contributed by atoms with E-state index >= 15 is 0 Å². The van der Waals surface area contributed by atoms with Crippen molar-refractivity contribution in [3.8, 4) is 0 Å². The Morgan fingerprint density at radius 2 is 2.21 bits per heavy atom. The highest BCUT2D eigenvalue weighted by Gasteiger charge is 2.09. The fraction of sp³-hybridized carbons (Fsp3) is 0.462. The van der Waals surface area contributed by atoms with E-state index in [2.05, 4.69) is 20.8 Å². The molecular formula is C13H19BrClN3O. The number of nitrogens with one attached hydrogen (secondary N) is 1. The van der Waals surface area contributed by atoms with Crippen LogP contribution in [0.4, 0.5) is 0 Å². The Morgan fingerprint density at radius 3 is 2.79 bits per heavy atom. The number of methoxy groups -OCH3 is 1. The Bertz CT molecular complexity index is 428. The van der Waals surface area contributed by atoms with Gasteiger partial charge in [-0.05, 0) is 17.7 Å². The monoisotopic (exact) mass is 347 g/mol. The fourth-order valence-corrected chi connectivity index (χ4v) is 2.39. The molecule has 0 spiro atoms. The molecule has 1 aromatic carbocycles. The predicted octanol–water partition coefficient (Wildman–Crippen LogP) is 2.88. The average molecular weight is 349 g/mol. The minimum absolute atomic E-state index is 0.198. The summed E-state index contributed by atoms with van der Waals surface area (Å²) in [5.74, 6) is 0.198. The number of nitrogens with zero attached hydrogens (tertiary/aromatic N) is 1. The summed E-state index contributed by atoms with van der Waals surface area (Å²) in [5.41, 5.74) is 6.47. The molecule has 0 aliphatic heterocycles. The molecule has 0 saturated carbocycles. The molecule has 0 atom stereocenters. The molecule has 0 saturated heterocycles. The molecule has 1 aromatic rings. The predicted molar refractivity (Wildman–Crippen MR) is 82.8 cm³/mol. The zero-order chi connectivity index (χ0) is 14.3. The highest BCUT2D eigenvalue weighted by atomic mass is 79.9. The van der Waals surface area contributed by atoms with Crippen LogP contribution in [0, 0.1) is 5.41 Å². The molecule has 106 valence electrons. The van der Waals surface area contributed by atoms with Gasteiger partial charge in [0.15, 0.2) is 0 Å². The first-order chi connectivity index (χ1) is 9.02. The number of hydrogen-bond donors (Lipinski definition) is 2. The van der Waals surface area contributed by atoms with Crippen molar-refractivity contribution in [3.63, 3.8) is 0 Å². The van der Waals surface area contributed by atoms with Crippen LogP contribution in [-0.4, -0.2) is 37.5 Å². The van der Waals surface area contributed by atoms with Gasteiger partial charge < -0.3 is 10.5 Å². The van der Waals surface area contributed by atoms with Gasteiger partial charge in [0.05, 0.1) is 12.4 Å². The van der Waals surface area contributed by atoms with Crippen molar-refractivity contribution < 1.29 is 4.74 Å². The van der Waals surface area contributed by atoms with Gasteiger partial charge >= 0.3 is 0 Å². The summed E-state index contributed by atoms with van der Waals surface area (Å²) < 4.78 is 6.07. The molecule has 0 aliphatic rings. The molecule has 0 amide bonds. The number of amidine groups is 1. The van der Waals surface area contributed by atoms with E-state index < -0.39 is 0 Å². The lowest BCUT2D eigenvalue weighted by atomic mass is 10.2. The molecule has 0 bridgehead atoms. The molecule has 0 aliphatic carbocycles. The quantitative estimate of drug-likeness (QED) is 0.561. The highest BCUT2D eigenvalue weighted by Crippen LogP contribution is 2.22. The maximum absolute atomic E-state index is 7.30. The molecule has 0 radical (unpaired) electrons. The Kier molecular flexibility index (Phi) is 7.38. The standard InChI is InChI=1S/C13H19BrClN3O/c1-19-7-6-18(5-4-13(16)17)9-10-2-3-11(14)8-12(10)15/h2-3,8H,4-7,9H2,1H3,(H3,16,17). The van der Waals surface area contributed by atoms with E-state index in [9.17, 15) is 0 Å². The van der Waals surface area contributed by atoms with Gasteiger partial charge in [0.2, 0.25) is 0 Å². The number of ether oxygens (including phenoxy) is 1. The minimum Gasteiger partial charge on any atom is -0.388 e. The van der Waals surface area contributed by atoms with Crippen molar-refractivity contribution in [2.75, 3.05) is 26.8 Å². The average Bonchev–Trinajstić information content (AvgIpc) is 2.35. The largest absolute Gasteiger partial charge is 0.388 e. The molecule has 6 heteroatoms. The second-order valence-corrected chi connectivity index (χ2v) is 5.60. The Labute approximate surface area is 127 Å². The van der Waals surface area contributed by atoms with Crippen LogP contribution in [-0.2, 0) is 11.3 Å². The zero-order valence-corrected chi connectivity index (χ0v) is 13.3. The lowest BCUT2D eigenvalue weighted by molar-refractivity contribution is 0.145. The van der Waals surface area contributed by atoms with Crippen molar-refractivity contribution in [2.45, 2.75) is 13.0 Å². The van der Waals surface area contributed by atoms with Crippen LogP contribution in [0.5, 0.6) is 0 Å². The molecule has 19 heavy (non-hydrogen) atoms. The Balaban J connectivity index is 2.66. The molecular weight excluding hydrogens is 330 g/mol. The summed E-state index contributed by atoms with van der Waals surface area (Å²) >= 11 is 9.61. The Morgan fingerprint density at radius 1 is 1.47 bits per heavy atom. The van der Waals surface area contributed by atoms with Gasteiger partial charge in [-0.25, -0.2) is 0 Å². The molecule has 1 rings (SSSR count). The van der Waals surface area contributed by atoms with Gasteiger partial charge in [-0.3, -0.25) is 10.3 Å². The number of nitrogens with two attached hydrogens (primary N) is 1. The lowest BCUT2D eigenvalue weighted by Gasteiger charge is -2.22. The van der Waals surface area contributed by atoms with Gasteiger partial charge in [-0.2, -0.15) is 0 Å². The summed E-state index contributed by atoms with van der Waals surface area (Å²) in [6, 6.07) is 5.86. The minimum atomic E-state index is 0.198. The van der Waals surface area contributed by atoms with Crippen LogP contribution in [0.3, 0.4) is 0 Å². The molecule has 0 aromatic heterocycles. The van der Waals surface area contributed by atoms with Crippen LogP contribution >= 0.6 is 27.5 Å². The summed E-state index contributed by atoms with van der Waals surface area (Å²) in [6.07, 6.45) is 0.553. The maximum Gasteiger partial charge on any atom is 0.0918 e. The third-order valence-corrected chi connectivity index (χ3v) is 3.56. The van der Waals surface area contributed by atoms with Gasteiger partial charge in [0.1, 0.15) is 0 Å². The van der Waals surface area contributed by atoms with E-state index in [0.29, 0.717) is 13.0 Å². The second kappa shape index (κ2) is 8.53. The zero-order valence-electron chi connectivity index (χ0n) is 11.0. The fourth-order valence-electron chi connectivity index (χ4n) is 1.66. The van der Waals surface area contributed by atoms with E-state index in [1.54, 1.807) is 7.11 Å². The molecule has 0 fully saturated rings. The first kappa shape index (κ1) is 16.4. The third-order valence-electron chi connectivity index (χ3n) is 2.72. The lowest BCUT2D eigenvalue weighted by Crippen LogP contribution is -2.30. The Hall–Kier alpha value is -0.620. The van der Waals surface area contributed by atoms with Crippen LogP contribution in [0.25, 0.3) is 0 Å². The number of rotatable bonds is 8. The van der Waals surface area contributed by atoms with E-state index in [1.807, 2.05) is 18.2 Å². The van der Waals surface area contributed by atoms with E-state index in [4.69, 9.17) is 27.5 Å². The third kappa shape index (κ3) is 6.38. The highest BCUT2D eigenvalue weighted by molar-refractivity contribution is 9.10. The molecule has 0 unspecified atom stereocenters. The number of halogens is 2. The number of hydrogen-bond acceptors (Lipinski definition) is 3. The van der Waals surface area contributed by atoms with Gasteiger partial charge in [0.25, 0.3) is 0 Å². The van der Waals surface area contributed by atoms with Crippen molar-refractivity contribution in [2.24, 2.45) is 5.73 Å². The van der Waals surface area contributed by atoms with Crippen LogP contribution in [0.15, 0.2) is 22.7 Å². The van der Waals surface area contributed by atoms with Crippen LogP contribution in [0.2, 0.25) is 5.02 Å². The van der Waals surface area contributed by atoms with Gasteiger partial charge in [0, 0.05) is 42.7 Å². The molecule has 4 nitrogen and oxygen atoms in total. The van der Waals surface area contributed by atoms with Crippen LogP contribution in [0.1, 0.15) is 12.0 Å². The van der Waals surface area contributed by atoms with Crippen molar-refractivity contribution in [1.29, 1.82) is 5.41 Å². The summed E-state index contributed by atoms with van der Waals surface area (Å²) in [5, 5.41) is 8.04. The first-order valence-corrected chi connectivity index (χ1v) is 7.18. The van der Waals surface area contributed by atoms with Gasteiger partial charge in [-0.1, -0.05) is 33.6 Å². The van der Waals surface area contributed by atoms with Crippen molar-refractivity contribution >= 4 is 33.4 Å². The van der Waals surface area contributed by atoms with Gasteiger partial charge in [-0.15, -0.1) is 0 Å². The van der Waals surface area contributed by atoms with E-state index in [0.717, 1.165) is 34.7 Å². The van der Waals surface area contributed by atoms with Crippen molar-refractivity contribution in [3.05, 3.63) is 33.3 Å². The van der Waals surface area contributed by atoms with E-state index in [-0.39, 0.29) is 5.84 Å². The second-order valence-electron chi connectivity index (χ2n) is 4.28. The van der Waals surface area contributed by atoms with E-state index in [1.165, 1.54) is 0 Å². The summed E-state index contributed by atoms with van der Waals surface area (Å²) in [6.45, 7) is 2.88. The topological polar surface area (TPSA) is 62.3 Å². The SMILES string of the molecule is COCCN(CCC(=N)N)Cc1ccc(Br)cc1Cl. The van der Waals surface area contributed by atoms with Crippen LogP contribution < -0.4 is 5.73 Å². The summed E-state index contributed by atoms with van der Waals surface area (Å²) in [7, 11) is 1.68. The summed E-state index contributed by atoms with van der Waals surface area (Å²) in [4.78, 5) is 2.18. The smallest absolute Gasteiger partial charge is 0.0918 e. The normalized spacial score (nSPS) is 10.9. The van der Waals surface area contributed by atoms with Crippen molar-refractivity contribution in [1.82, 2.24) is 4.90 Å². The maximum atomic E-state index is 7.30. The molecule has 0 heterocycles.